The third-order valence-corrected chi connectivity index (χ3v) is 5.52. The zero-order chi connectivity index (χ0) is 11.3. The quantitative estimate of drug-likeness (QED) is 0.592. The first-order valence-electron chi connectivity index (χ1n) is 5.07. The third-order valence-electron chi connectivity index (χ3n) is 2.69. The van der Waals surface area contributed by atoms with Gasteiger partial charge in [-0.2, -0.15) is 0 Å². The Morgan fingerprint density at radius 1 is 1.13 bits per heavy atom. The predicted molar refractivity (Wildman–Crippen MR) is 78.3 cm³/mol. The van der Waals surface area contributed by atoms with Crippen LogP contribution < -0.4 is 0 Å². The lowest BCUT2D eigenvalue weighted by atomic mass is 9.80. The highest BCUT2D eigenvalue weighted by molar-refractivity contribution is 9.10. The van der Waals surface area contributed by atoms with E-state index in [4.69, 9.17) is 0 Å². The highest BCUT2D eigenvalue weighted by Gasteiger charge is 2.30. The van der Waals surface area contributed by atoms with Crippen LogP contribution >= 0.6 is 47.8 Å². The van der Waals surface area contributed by atoms with Gasteiger partial charge in [-0.1, -0.05) is 79.3 Å². The van der Waals surface area contributed by atoms with Crippen LogP contribution in [-0.2, 0) is 5.41 Å². The molecule has 1 aromatic rings. The standard InChI is InChI=1S/C12H15Br3/c1-2-7-12(8-13,9-14)10-5-3-4-6-11(10)15/h3-6H,2,7-9H2,1H3. The Balaban J connectivity index is 3.13. The van der Waals surface area contributed by atoms with Crippen molar-refractivity contribution < 1.29 is 0 Å². The Labute approximate surface area is 117 Å². The summed E-state index contributed by atoms with van der Waals surface area (Å²) < 4.78 is 1.21. The number of alkyl halides is 2. The van der Waals surface area contributed by atoms with Crippen LogP contribution in [0.3, 0.4) is 0 Å². The lowest BCUT2D eigenvalue weighted by molar-refractivity contribution is 0.495. The molecular formula is C12H15Br3. The topological polar surface area (TPSA) is 0 Å². The van der Waals surface area contributed by atoms with Crippen molar-refractivity contribution in [1.82, 2.24) is 0 Å². The van der Waals surface area contributed by atoms with Crippen LogP contribution in [0.1, 0.15) is 25.3 Å². The zero-order valence-electron chi connectivity index (χ0n) is 8.77. The van der Waals surface area contributed by atoms with Crippen molar-refractivity contribution in [1.29, 1.82) is 0 Å². The summed E-state index contributed by atoms with van der Waals surface area (Å²) >= 11 is 11.0. The van der Waals surface area contributed by atoms with Crippen LogP contribution in [0, 0.1) is 0 Å². The minimum absolute atomic E-state index is 0.203. The lowest BCUT2D eigenvalue weighted by Gasteiger charge is -2.31. The third kappa shape index (κ3) is 3.07. The average molecular weight is 399 g/mol. The molecule has 1 aromatic carbocycles. The van der Waals surface area contributed by atoms with E-state index in [1.807, 2.05) is 0 Å². The van der Waals surface area contributed by atoms with E-state index in [1.165, 1.54) is 22.9 Å². The Morgan fingerprint density at radius 2 is 1.73 bits per heavy atom. The smallest absolute Gasteiger partial charge is 0.0213 e. The van der Waals surface area contributed by atoms with E-state index in [1.54, 1.807) is 0 Å². The molecule has 0 N–H and O–H groups in total. The fourth-order valence-corrected chi connectivity index (χ4v) is 4.62. The largest absolute Gasteiger partial charge is 0.0918 e. The van der Waals surface area contributed by atoms with Crippen LogP contribution in [0.25, 0.3) is 0 Å². The molecule has 3 heteroatoms. The Hall–Kier alpha value is 0.660. The first-order valence-corrected chi connectivity index (χ1v) is 8.10. The number of halogens is 3. The summed E-state index contributed by atoms with van der Waals surface area (Å²) in [4.78, 5) is 0. The van der Waals surface area contributed by atoms with Gasteiger partial charge in [0.15, 0.2) is 0 Å². The summed E-state index contributed by atoms with van der Waals surface area (Å²) in [6, 6.07) is 8.50. The van der Waals surface area contributed by atoms with Gasteiger partial charge in [0.05, 0.1) is 0 Å². The second kappa shape index (κ2) is 6.41. The SMILES string of the molecule is CCCC(CBr)(CBr)c1ccccc1Br. The van der Waals surface area contributed by atoms with Gasteiger partial charge in [0.2, 0.25) is 0 Å². The van der Waals surface area contributed by atoms with Crippen LogP contribution in [0.2, 0.25) is 0 Å². The van der Waals surface area contributed by atoms with Gasteiger partial charge in [0.25, 0.3) is 0 Å². The molecule has 0 aliphatic carbocycles. The molecule has 0 radical (unpaired) electrons. The Kier molecular flexibility index (Phi) is 5.86. The van der Waals surface area contributed by atoms with Gasteiger partial charge >= 0.3 is 0 Å². The first kappa shape index (κ1) is 13.7. The van der Waals surface area contributed by atoms with Crippen LogP contribution in [0.4, 0.5) is 0 Å². The maximum absolute atomic E-state index is 3.65. The molecule has 0 aliphatic rings. The molecule has 84 valence electrons. The van der Waals surface area contributed by atoms with E-state index in [9.17, 15) is 0 Å². The second-order valence-electron chi connectivity index (χ2n) is 3.78. The number of benzene rings is 1. The van der Waals surface area contributed by atoms with Crippen molar-refractivity contribution in [3.05, 3.63) is 34.3 Å². The molecule has 0 spiro atoms. The van der Waals surface area contributed by atoms with Crippen molar-refractivity contribution in [3.63, 3.8) is 0 Å². The molecule has 0 unspecified atom stereocenters. The molecule has 0 nitrogen and oxygen atoms in total. The Bertz CT molecular complexity index is 305. The first-order chi connectivity index (χ1) is 7.20. The summed E-state index contributed by atoms with van der Waals surface area (Å²) in [7, 11) is 0. The van der Waals surface area contributed by atoms with Gasteiger partial charge in [-0.15, -0.1) is 0 Å². The monoisotopic (exact) mass is 396 g/mol. The fraction of sp³-hybridized carbons (Fsp3) is 0.500. The van der Waals surface area contributed by atoms with E-state index in [-0.39, 0.29) is 5.41 Å². The summed E-state index contributed by atoms with van der Waals surface area (Å²) in [5.41, 5.74) is 1.59. The van der Waals surface area contributed by atoms with E-state index < -0.39 is 0 Å². The van der Waals surface area contributed by atoms with Crippen LogP contribution in [0.5, 0.6) is 0 Å². The van der Waals surface area contributed by atoms with Gasteiger partial charge in [0.1, 0.15) is 0 Å². The summed E-state index contributed by atoms with van der Waals surface area (Å²) in [6.45, 7) is 2.23. The van der Waals surface area contributed by atoms with Crippen LogP contribution in [0.15, 0.2) is 28.7 Å². The van der Waals surface area contributed by atoms with E-state index in [0.717, 1.165) is 10.7 Å². The minimum atomic E-state index is 0.203. The van der Waals surface area contributed by atoms with Gasteiger partial charge < -0.3 is 0 Å². The fourth-order valence-electron chi connectivity index (χ4n) is 1.82. The zero-order valence-corrected chi connectivity index (χ0v) is 13.5. The molecule has 1 rings (SSSR count). The molecule has 0 saturated carbocycles. The number of hydrogen-bond acceptors (Lipinski definition) is 0. The van der Waals surface area contributed by atoms with Gasteiger partial charge in [-0.3, -0.25) is 0 Å². The molecule has 0 aromatic heterocycles. The highest BCUT2D eigenvalue weighted by Crippen LogP contribution is 2.37. The highest BCUT2D eigenvalue weighted by atomic mass is 79.9. The van der Waals surface area contributed by atoms with E-state index in [2.05, 4.69) is 79.0 Å². The predicted octanol–water partition coefficient (Wildman–Crippen LogP) is 5.28. The molecule has 0 aliphatic heterocycles. The van der Waals surface area contributed by atoms with Crippen molar-refractivity contribution in [2.45, 2.75) is 25.2 Å². The Morgan fingerprint density at radius 3 is 2.20 bits per heavy atom. The molecule has 0 atom stereocenters. The molecule has 0 bridgehead atoms. The normalized spacial score (nSPS) is 11.7. The van der Waals surface area contributed by atoms with Gasteiger partial charge in [0, 0.05) is 20.5 Å². The maximum Gasteiger partial charge on any atom is 0.0213 e. The average Bonchev–Trinajstić information content (AvgIpc) is 2.27. The van der Waals surface area contributed by atoms with Crippen molar-refractivity contribution in [3.8, 4) is 0 Å². The molecular weight excluding hydrogens is 384 g/mol. The molecule has 0 heterocycles. The molecule has 0 amide bonds. The number of hydrogen-bond donors (Lipinski definition) is 0. The lowest BCUT2D eigenvalue weighted by Crippen LogP contribution is -2.30. The maximum atomic E-state index is 3.65. The summed E-state index contributed by atoms with van der Waals surface area (Å²) in [5.74, 6) is 0. The number of rotatable bonds is 5. The summed E-state index contributed by atoms with van der Waals surface area (Å²) in [6.07, 6.45) is 2.38. The van der Waals surface area contributed by atoms with Crippen molar-refractivity contribution >= 4 is 47.8 Å². The van der Waals surface area contributed by atoms with Gasteiger partial charge in [-0.25, -0.2) is 0 Å². The van der Waals surface area contributed by atoms with E-state index >= 15 is 0 Å². The van der Waals surface area contributed by atoms with E-state index in [0.29, 0.717) is 0 Å². The minimum Gasteiger partial charge on any atom is -0.0918 e. The molecule has 0 fully saturated rings. The van der Waals surface area contributed by atoms with Crippen molar-refractivity contribution in [2.75, 3.05) is 10.7 Å². The summed E-state index contributed by atoms with van der Waals surface area (Å²) in [5, 5.41) is 1.98. The van der Waals surface area contributed by atoms with Crippen molar-refractivity contribution in [2.24, 2.45) is 0 Å². The van der Waals surface area contributed by atoms with Gasteiger partial charge in [-0.05, 0) is 18.1 Å². The van der Waals surface area contributed by atoms with Crippen LogP contribution in [-0.4, -0.2) is 10.7 Å². The molecule has 15 heavy (non-hydrogen) atoms. The second-order valence-corrected chi connectivity index (χ2v) is 5.75. The molecule has 0 saturated heterocycles.